The molecule has 0 aliphatic rings. The van der Waals surface area contributed by atoms with Gasteiger partial charge in [0.1, 0.15) is 11.6 Å². The van der Waals surface area contributed by atoms with Gasteiger partial charge < -0.3 is 10.1 Å². The van der Waals surface area contributed by atoms with Crippen LogP contribution in [0.4, 0.5) is 15.8 Å². The normalized spacial score (nSPS) is 11.3. The Labute approximate surface area is 180 Å². The number of rotatable bonds is 7. The summed E-state index contributed by atoms with van der Waals surface area (Å²) in [4.78, 5) is 12.2. The number of ether oxygens (including phenoxy) is 1. The molecule has 0 aliphatic heterocycles. The van der Waals surface area contributed by atoms with Crippen molar-refractivity contribution in [2.75, 3.05) is 17.1 Å². The van der Waals surface area contributed by atoms with Crippen LogP contribution in [-0.4, -0.2) is 21.4 Å². The van der Waals surface area contributed by atoms with Gasteiger partial charge in [-0.25, -0.2) is 12.8 Å². The van der Waals surface area contributed by atoms with E-state index in [1.165, 1.54) is 43.5 Å². The second-order valence-electron chi connectivity index (χ2n) is 6.68. The van der Waals surface area contributed by atoms with Crippen molar-refractivity contribution in [2.24, 2.45) is 0 Å². The zero-order chi connectivity index (χ0) is 22.4. The third-order valence-electron chi connectivity index (χ3n) is 4.42. The van der Waals surface area contributed by atoms with Crippen molar-refractivity contribution in [2.45, 2.75) is 11.8 Å². The lowest BCUT2D eigenvalue weighted by Crippen LogP contribution is -2.12. The number of amides is 1. The largest absolute Gasteiger partial charge is 0.497 e. The van der Waals surface area contributed by atoms with Crippen LogP contribution in [-0.2, 0) is 14.8 Å². The van der Waals surface area contributed by atoms with Crippen molar-refractivity contribution in [3.05, 3.63) is 89.8 Å². The fourth-order valence-electron chi connectivity index (χ4n) is 2.71. The molecule has 0 radical (unpaired) electrons. The number of methoxy groups -OCH3 is 1. The lowest BCUT2D eigenvalue weighted by molar-refractivity contribution is -0.111. The summed E-state index contributed by atoms with van der Waals surface area (Å²) >= 11 is 0. The van der Waals surface area contributed by atoms with E-state index >= 15 is 0 Å². The first-order valence-corrected chi connectivity index (χ1v) is 10.8. The van der Waals surface area contributed by atoms with E-state index in [-0.39, 0.29) is 4.90 Å². The van der Waals surface area contributed by atoms with E-state index < -0.39 is 21.7 Å². The lowest BCUT2D eigenvalue weighted by atomic mass is 10.2. The molecule has 160 valence electrons. The van der Waals surface area contributed by atoms with E-state index in [2.05, 4.69) is 10.0 Å². The quantitative estimate of drug-likeness (QED) is 0.526. The summed E-state index contributed by atoms with van der Waals surface area (Å²) in [7, 11) is -2.23. The third kappa shape index (κ3) is 5.93. The standard InChI is InChI=1S/C23H21FN2O4S/c1-16-3-7-18(24)15-22(16)25-23(27)14-6-17-4-12-21(13-5-17)31(28,29)26-19-8-10-20(30-2)11-9-19/h3-15,26H,1-2H3,(H,25,27)/b14-6+. The van der Waals surface area contributed by atoms with Crippen molar-refractivity contribution in [1.82, 2.24) is 0 Å². The molecule has 0 unspecified atom stereocenters. The SMILES string of the molecule is COc1ccc(NS(=O)(=O)c2ccc(/C=C/C(=O)Nc3cc(F)ccc3C)cc2)cc1. The molecule has 0 aliphatic carbocycles. The Morgan fingerprint density at radius 3 is 2.32 bits per heavy atom. The molecule has 0 saturated heterocycles. The maximum absolute atomic E-state index is 13.3. The molecule has 2 N–H and O–H groups in total. The van der Waals surface area contributed by atoms with Gasteiger partial charge in [-0.1, -0.05) is 18.2 Å². The first kappa shape index (κ1) is 22.0. The van der Waals surface area contributed by atoms with E-state index in [9.17, 15) is 17.6 Å². The maximum Gasteiger partial charge on any atom is 0.261 e. The molecular weight excluding hydrogens is 419 g/mol. The average molecular weight is 440 g/mol. The van der Waals surface area contributed by atoms with Crippen molar-refractivity contribution < 1.29 is 22.3 Å². The molecule has 3 aromatic rings. The summed E-state index contributed by atoms with van der Waals surface area (Å²) < 4.78 is 46.0. The molecule has 0 bridgehead atoms. The van der Waals surface area contributed by atoms with E-state index in [0.29, 0.717) is 22.7 Å². The van der Waals surface area contributed by atoms with Gasteiger partial charge in [0.05, 0.1) is 12.0 Å². The fourth-order valence-corrected chi connectivity index (χ4v) is 3.77. The first-order valence-electron chi connectivity index (χ1n) is 9.29. The smallest absolute Gasteiger partial charge is 0.261 e. The maximum atomic E-state index is 13.3. The number of halogens is 1. The van der Waals surface area contributed by atoms with Crippen LogP contribution in [0.5, 0.6) is 5.75 Å². The summed E-state index contributed by atoms with van der Waals surface area (Å²) in [5.41, 5.74) is 2.17. The highest BCUT2D eigenvalue weighted by molar-refractivity contribution is 7.92. The van der Waals surface area contributed by atoms with Crippen molar-refractivity contribution in [3.8, 4) is 5.75 Å². The van der Waals surface area contributed by atoms with Crippen molar-refractivity contribution >= 4 is 33.4 Å². The number of nitrogens with one attached hydrogen (secondary N) is 2. The van der Waals surface area contributed by atoms with Gasteiger partial charge in [0.15, 0.2) is 0 Å². The Balaban J connectivity index is 1.65. The van der Waals surface area contributed by atoms with Crippen LogP contribution in [0.1, 0.15) is 11.1 Å². The number of aryl methyl sites for hydroxylation is 1. The minimum absolute atomic E-state index is 0.0836. The van der Waals surface area contributed by atoms with Crippen LogP contribution in [0, 0.1) is 12.7 Å². The zero-order valence-corrected chi connectivity index (χ0v) is 17.7. The number of carbonyl (C=O) groups excluding carboxylic acids is 1. The van der Waals surface area contributed by atoms with Crippen LogP contribution in [0.2, 0.25) is 0 Å². The van der Waals surface area contributed by atoms with Crippen LogP contribution in [0.25, 0.3) is 6.08 Å². The van der Waals surface area contributed by atoms with E-state index in [4.69, 9.17) is 4.74 Å². The van der Waals surface area contributed by atoms with E-state index in [1.54, 1.807) is 49.4 Å². The lowest BCUT2D eigenvalue weighted by Gasteiger charge is -2.09. The molecule has 0 spiro atoms. The Kier molecular flexibility index (Phi) is 6.71. The summed E-state index contributed by atoms with van der Waals surface area (Å²) in [6.07, 6.45) is 2.83. The van der Waals surface area contributed by atoms with Gasteiger partial charge in [0.2, 0.25) is 5.91 Å². The van der Waals surface area contributed by atoms with E-state index in [0.717, 1.165) is 5.56 Å². The highest BCUT2D eigenvalue weighted by Crippen LogP contribution is 2.20. The molecule has 0 heterocycles. The molecule has 1 amide bonds. The number of hydrogen-bond acceptors (Lipinski definition) is 4. The summed E-state index contributed by atoms with van der Waals surface area (Å²) in [5.74, 6) is -0.243. The Bertz CT molecular complexity index is 1210. The highest BCUT2D eigenvalue weighted by atomic mass is 32.2. The zero-order valence-electron chi connectivity index (χ0n) is 16.9. The molecule has 0 atom stereocenters. The second-order valence-corrected chi connectivity index (χ2v) is 8.37. The monoisotopic (exact) mass is 440 g/mol. The van der Waals surface area contributed by atoms with Crippen LogP contribution in [0.3, 0.4) is 0 Å². The van der Waals surface area contributed by atoms with Gasteiger partial charge in [0.25, 0.3) is 10.0 Å². The van der Waals surface area contributed by atoms with Crippen molar-refractivity contribution in [3.63, 3.8) is 0 Å². The number of hydrogen-bond donors (Lipinski definition) is 2. The third-order valence-corrected chi connectivity index (χ3v) is 5.81. The van der Waals surface area contributed by atoms with Gasteiger partial charge in [-0.05, 0) is 72.7 Å². The Morgan fingerprint density at radius 1 is 1.00 bits per heavy atom. The van der Waals surface area contributed by atoms with Crippen molar-refractivity contribution in [1.29, 1.82) is 0 Å². The highest BCUT2D eigenvalue weighted by Gasteiger charge is 2.14. The molecule has 3 rings (SSSR count). The molecule has 0 aromatic heterocycles. The minimum Gasteiger partial charge on any atom is -0.497 e. The topological polar surface area (TPSA) is 84.5 Å². The summed E-state index contributed by atoms with van der Waals surface area (Å²) in [5, 5.41) is 2.61. The van der Waals surface area contributed by atoms with Crippen LogP contribution in [0.15, 0.2) is 77.7 Å². The Hall–Kier alpha value is -3.65. The fraction of sp³-hybridized carbons (Fsp3) is 0.0870. The molecule has 0 saturated carbocycles. The number of sulfonamides is 1. The summed E-state index contributed by atoms with van der Waals surface area (Å²) in [6.45, 7) is 1.76. The van der Waals surface area contributed by atoms with Crippen LogP contribution >= 0.6 is 0 Å². The van der Waals surface area contributed by atoms with E-state index in [1.807, 2.05) is 0 Å². The summed E-state index contributed by atoms with van der Waals surface area (Å²) in [6, 6.07) is 16.7. The Morgan fingerprint density at radius 2 is 1.68 bits per heavy atom. The number of anilines is 2. The predicted molar refractivity (Wildman–Crippen MR) is 119 cm³/mol. The van der Waals surface area contributed by atoms with Gasteiger partial charge in [-0.3, -0.25) is 9.52 Å². The molecule has 0 fully saturated rings. The molecule has 31 heavy (non-hydrogen) atoms. The first-order chi connectivity index (χ1) is 14.8. The van der Waals surface area contributed by atoms with Crippen LogP contribution < -0.4 is 14.8 Å². The minimum atomic E-state index is -3.76. The second kappa shape index (κ2) is 9.44. The molecule has 6 nitrogen and oxygen atoms in total. The van der Waals surface area contributed by atoms with Gasteiger partial charge >= 0.3 is 0 Å². The predicted octanol–water partition coefficient (Wildman–Crippen LogP) is 4.60. The number of carbonyl (C=O) groups is 1. The van der Waals surface area contributed by atoms with Gasteiger partial charge in [0, 0.05) is 17.5 Å². The van der Waals surface area contributed by atoms with Gasteiger partial charge in [-0.2, -0.15) is 0 Å². The van der Waals surface area contributed by atoms with Gasteiger partial charge in [-0.15, -0.1) is 0 Å². The molecule has 3 aromatic carbocycles. The average Bonchev–Trinajstić information content (AvgIpc) is 2.75. The molecular formula is C23H21FN2O4S. The number of benzene rings is 3. The molecule has 8 heteroatoms.